The summed E-state index contributed by atoms with van der Waals surface area (Å²) in [7, 11) is 0. The lowest BCUT2D eigenvalue weighted by Crippen LogP contribution is -2.30. The fourth-order valence-electron chi connectivity index (χ4n) is 3.81. The second-order valence-electron chi connectivity index (χ2n) is 6.96. The van der Waals surface area contributed by atoms with Crippen LogP contribution in [0.3, 0.4) is 0 Å². The molecule has 1 N–H and O–H groups in total. The molecule has 2 aliphatic heterocycles. The predicted molar refractivity (Wildman–Crippen MR) is 105 cm³/mol. The molecule has 2 heterocycles. The fourth-order valence-corrected chi connectivity index (χ4v) is 3.81. The third-order valence-electron chi connectivity index (χ3n) is 4.92. The highest BCUT2D eigenvalue weighted by Gasteiger charge is 2.45. The molecule has 0 aliphatic carbocycles. The van der Waals surface area contributed by atoms with Gasteiger partial charge < -0.3 is 5.32 Å². The first kappa shape index (κ1) is 16.6. The summed E-state index contributed by atoms with van der Waals surface area (Å²) in [5, 5.41) is 3.53. The maximum absolute atomic E-state index is 13.4. The average Bonchev–Trinajstić information content (AvgIpc) is 2.82. The average molecular weight is 345 g/mol. The van der Waals surface area contributed by atoms with Crippen LogP contribution < -0.4 is 10.2 Å². The summed E-state index contributed by atoms with van der Waals surface area (Å²) in [5.74, 6) is 0.282. The van der Waals surface area contributed by atoms with Gasteiger partial charge in [0.1, 0.15) is 5.71 Å². The van der Waals surface area contributed by atoms with Gasteiger partial charge in [-0.25, -0.2) is 0 Å². The van der Waals surface area contributed by atoms with Gasteiger partial charge in [-0.3, -0.25) is 14.7 Å². The SMILES string of the molecule is CC(C)C1=C2C(=NCCN1)C(=O)N(c1ccccc1)C2c1ccccc1. The van der Waals surface area contributed by atoms with Crippen molar-refractivity contribution in [2.45, 2.75) is 19.9 Å². The zero-order valence-corrected chi connectivity index (χ0v) is 15.1. The van der Waals surface area contributed by atoms with Gasteiger partial charge in [-0.15, -0.1) is 0 Å². The topological polar surface area (TPSA) is 44.7 Å². The molecule has 2 aliphatic rings. The summed E-state index contributed by atoms with van der Waals surface area (Å²) >= 11 is 0. The third-order valence-corrected chi connectivity index (χ3v) is 4.92. The van der Waals surface area contributed by atoms with Gasteiger partial charge in [0, 0.05) is 23.5 Å². The van der Waals surface area contributed by atoms with E-state index in [0.717, 1.165) is 29.1 Å². The van der Waals surface area contributed by atoms with Gasteiger partial charge in [-0.1, -0.05) is 62.4 Å². The standard InChI is InChI=1S/C22H23N3O/c1-15(2)19-18-20(24-14-13-23-19)22(26)25(17-11-7-4-8-12-17)21(18)16-9-5-3-6-10-16/h3-12,15,21,23H,13-14H2,1-2H3. The molecular formula is C22H23N3O. The number of allylic oxidation sites excluding steroid dienone is 1. The molecule has 1 amide bonds. The Balaban J connectivity index is 1.97. The Labute approximate surface area is 154 Å². The summed E-state index contributed by atoms with van der Waals surface area (Å²) < 4.78 is 0. The second-order valence-corrected chi connectivity index (χ2v) is 6.96. The third kappa shape index (κ3) is 2.71. The van der Waals surface area contributed by atoms with Crippen molar-refractivity contribution in [2.75, 3.05) is 18.0 Å². The number of para-hydroxylation sites is 1. The Morgan fingerprint density at radius 3 is 2.35 bits per heavy atom. The molecule has 0 aromatic heterocycles. The number of benzene rings is 2. The number of nitrogens with zero attached hydrogens (tertiary/aromatic N) is 2. The number of nitrogens with one attached hydrogen (secondary N) is 1. The van der Waals surface area contributed by atoms with Crippen LogP contribution in [0.1, 0.15) is 25.5 Å². The lowest BCUT2D eigenvalue weighted by Gasteiger charge is -2.27. The zero-order valence-electron chi connectivity index (χ0n) is 15.1. The van der Waals surface area contributed by atoms with E-state index in [1.165, 1.54) is 0 Å². The monoisotopic (exact) mass is 345 g/mol. The van der Waals surface area contributed by atoms with Crippen LogP contribution in [-0.4, -0.2) is 24.7 Å². The van der Waals surface area contributed by atoms with E-state index in [-0.39, 0.29) is 11.9 Å². The quantitative estimate of drug-likeness (QED) is 0.921. The molecule has 26 heavy (non-hydrogen) atoms. The minimum absolute atomic E-state index is 0.0121. The van der Waals surface area contributed by atoms with Crippen molar-refractivity contribution in [2.24, 2.45) is 10.9 Å². The van der Waals surface area contributed by atoms with Gasteiger partial charge in [0.2, 0.25) is 0 Å². The van der Waals surface area contributed by atoms with Gasteiger partial charge in [0.15, 0.2) is 0 Å². The number of rotatable bonds is 3. The molecule has 4 rings (SSSR count). The molecule has 2 aromatic rings. The van der Waals surface area contributed by atoms with Crippen LogP contribution in [0.15, 0.2) is 76.9 Å². The lowest BCUT2D eigenvalue weighted by atomic mass is 9.92. The number of amides is 1. The molecule has 1 atom stereocenters. The van der Waals surface area contributed by atoms with Crippen molar-refractivity contribution >= 4 is 17.3 Å². The first-order chi connectivity index (χ1) is 12.7. The zero-order chi connectivity index (χ0) is 18.1. The van der Waals surface area contributed by atoms with Crippen LogP contribution in [0.25, 0.3) is 0 Å². The maximum atomic E-state index is 13.4. The van der Waals surface area contributed by atoms with Crippen molar-refractivity contribution in [3.05, 3.63) is 77.5 Å². The number of carbonyl (C=O) groups excluding carboxylic acids is 1. The minimum Gasteiger partial charge on any atom is -0.386 e. The molecule has 132 valence electrons. The highest BCUT2D eigenvalue weighted by molar-refractivity contribution is 6.53. The van der Waals surface area contributed by atoms with Crippen molar-refractivity contribution in [1.29, 1.82) is 0 Å². The van der Waals surface area contributed by atoms with Gasteiger partial charge in [-0.05, 0) is 23.6 Å². The molecule has 2 aromatic carbocycles. The summed E-state index contributed by atoms with van der Waals surface area (Å²) in [5.41, 5.74) is 4.76. The molecular weight excluding hydrogens is 322 g/mol. The van der Waals surface area contributed by atoms with E-state index in [9.17, 15) is 4.79 Å². The smallest absolute Gasteiger partial charge is 0.277 e. The van der Waals surface area contributed by atoms with Crippen LogP contribution in [-0.2, 0) is 4.79 Å². The Morgan fingerprint density at radius 2 is 1.69 bits per heavy atom. The van der Waals surface area contributed by atoms with Gasteiger partial charge in [0.25, 0.3) is 5.91 Å². The molecule has 0 bridgehead atoms. The predicted octanol–water partition coefficient (Wildman–Crippen LogP) is 3.73. The van der Waals surface area contributed by atoms with E-state index in [1.54, 1.807) is 0 Å². The number of aliphatic imine (C=N–C) groups is 1. The van der Waals surface area contributed by atoms with Crippen molar-refractivity contribution in [1.82, 2.24) is 5.32 Å². The Bertz CT molecular complexity index is 869. The lowest BCUT2D eigenvalue weighted by molar-refractivity contribution is -0.112. The van der Waals surface area contributed by atoms with Crippen LogP contribution >= 0.6 is 0 Å². The van der Waals surface area contributed by atoms with E-state index in [1.807, 2.05) is 53.4 Å². The van der Waals surface area contributed by atoms with Crippen molar-refractivity contribution in [3.63, 3.8) is 0 Å². The molecule has 1 unspecified atom stereocenters. The Kier molecular flexibility index (Phi) is 4.33. The normalized spacial score (nSPS) is 20.0. The number of hydrogen-bond donors (Lipinski definition) is 1. The number of fused-ring (bicyclic) bond motifs is 1. The maximum Gasteiger partial charge on any atom is 0.277 e. The molecule has 4 nitrogen and oxygen atoms in total. The van der Waals surface area contributed by atoms with Gasteiger partial charge >= 0.3 is 0 Å². The molecule has 1 fully saturated rings. The largest absolute Gasteiger partial charge is 0.386 e. The van der Waals surface area contributed by atoms with Crippen LogP contribution in [0.5, 0.6) is 0 Å². The minimum atomic E-state index is -0.159. The summed E-state index contributed by atoms with van der Waals surface area (Å²) in [4.78, 5) is 19.9. The fraction of sp³-hybridized carbons (Fsp3) is 0.273. The van der Waals surface area contributed by atoms with Crippen molar-refractivity contribution < 1.29 is 4.79 Å². The Hall–Kier alpha value is -2.88. The van der Waals surface area contributed by atoms with Crippen LogP contribution in [0, 0.1) is 5.92 Å². The highest BCUT2D eigenvalue weighted by Crippen LogP contribution is 2.42. The van der Waals surface area contributed by atoms with E-state index in [2.05, 4.69) is 36.3 Å². The van der Waals surface area contributed by atoms with E-state index >= 15 is 0 Å². The number of anilines is 1. The summed E-state index contributed by atoms with van der Waals surface area (Å²) in [6.07, 6.45) is 0. The molecule has 1 saturated heterocycles. The first-order valence-electron chi connectivity index (χ1n) is 9.15. The summed E-state index contributed by atoms with van der Waals surface area (Å²) in [6.45, 7) is 5.71. The van der Waals surface area contributed by atoms with Crippen LogP contribution in [0.4, 0.5) is 5.69 Å². The molecule has 0 spiro atoms. The molecule has 0 radical (unpaired) electrons. The summed E-state index contributed by atoms with van der Waals surface area (Å²) in [6, 6.07) is 20.0. The van der Waals surface area contributed by atoms with Crippen LogP contribution in [0.2, 0.25) is 0 Å². The van der Waals surface area contributed by atoms with Gasteiger partial charge in [0.05, 0.1) is 12.6 Å². The number of hydrogen-bond acceptors (Lipinski definition) is 3. The van der Waals surface area contributed by atoms with E-state index < -0.39 is 0 Å². The first-order valence-corrected chi connectivity index (χ1v) is 9.15. The van der Waals surface area contributed by atoms with E-state index in [0.29, 0.717) is 18.2 Å². The Morgan fingerprint density at radius 1 is 1.04 bits per heavy atom. The highest BCUT2D eigenvalue weighted by atomic mass is 16.2. The van der Waals surface area contributed by atoms with E-state index in [4.69, 9.17) is 0 Å². The van der Waals surface area contributed by atoms with Gasteiger partial charge in [-0.2, -0.15) is 0 Å². The number of carbonyl (C=O) groups is 1. The second kappa shape index (κ2) is 6.79. The molecule has 4 heteroatoms. The molecule has 0 saturated carbocycles. The van der Waals surface area contributed by atoms with Crippen molar-refractivity contribution in [3.8, 4) is 0 Å².